The summed E-state index contributed by atoms with van der Waals surface area (Å²) >= 11 is 0. The molecule has 1 aromatic rings. The molecule has 4 nitrogen and oxygen atoms in total. The Balaban J connectivity index is 1.87. The molecule has 1 fully saturated rings. The van der Waals surface area contributed by atoms with E-state index in [4.69, 9.17) is 0 Å². The molecular formula is C18H26N2O2. The zero-order chi connectivity index (χ0) is 15.9. The van der Waals surface area contributed by atoms with Crippen molar-refractivity contribution in [2.24, 2.45) is 0 Å². The number of anilines is 1. The van der Waals surface area contributed by atoms with Crippen LogP contribution in [0.15, 0.2) is 24.3 Å². The molecule has 0 aliphatic heterocycles. The third-order valence-electron chi connectivity index (χ3n) is 4.42. The average molecular weight is 302 g/mol. The molecule has 0 saturated heterocycles. The average Bonchev–Trinajstić information content (AvgIpc) is 2.50. The molecule has 22 heavy (non-hydrogen) atoms. The number of para-hydroxylation sites is 1. The molecule has 120 valence electrons. The van der Waals surface area contributed by atoms with Crippen molar-refractivity contribution in [1.29, 1.82) is 0 Å². The van der Waals surface area contributed by atoms with Gasteiger partial charge in [-0.25, -0.2) is 0 Å². The van der Waals surface area contributed by atoms with E-state index in [1.807, 2.05) is 36.1 Å². The topological polar surface area (TPSA) is 49.4 Å². The van der Waals surface area contributed by atoms with Crippen LogP contribution in [0.2, 0.25) is 0 Å². The van der Waals surface area contributed by atoms with Gasteiger partial charge >= 0.3 is 0 Å². The Bertz CT molecular complexity index is 522. The van der Waals surface area contributed by atoms with Gasteiger partial charge in [0.1, 0.15) is 0 Å². The van der Waals surface area contributed by atoms with Crippen molar-refractivity contribution in [2.45, 2.75) is 58.4 Å². The minimum absolute atomic E-state index is 0.0311. The second kappa shape index (κ2) is 7.97. The van der Waals surface area contributed by atoms with E-state index >= 15 is 0 Å². The summed E-state index contributed by atoms with van der Waals surface area (Å²) in [6, 6.07) is 8.05. The Labute approximate surface area is 132 Å². The number of carbonyl (C=O) groups excluding carboxylic acids is 2. The molecule has 0 unspecified atom stereocenters. The normalized spacial score (nSPS) is 15.4. The van der Waals surface area contributed by atoms with Crippen molar-refractivity contribution >= 4 is 17.5 Å². The third-order valence-corrected chi connectivity index (χ3v) is 4.42. The highest BCUT2D eigenvalue weighted by Crippen LogP contribution is 2.23. The van der Waals surface area contributed by atoms with Gasteiger partial charge in [-0.3, -0.25) is 9.59 Å². The lowest BCUT2D eigenvalue weighted by Crippen LogP contribution is -2.41. The number of amides is 2. The van der Waals surface area contributed by atoms with Gasteiger partial charge in [0.05, 0.1) is 0 Å². The van der Waals surface area contributed by atoms with Gasteiger partial charge in [-0.15, -0.1) is 0 Å². The predicted molar refractivity (Wildman–Crippen MR) is 88.7 cm³/mol. The maximum atomic E-state index is 12.1. The molecule has 4 heteroatoms. The van der Waals surface area contributed by atoms with Crippen molar-refractivity contribution in [1.82, 2.24) is 4.90 Å². The first-order valence-corrected chi connectivity index (χ1v) is 8.20. The molecule has 0 heterocycles. The second-order valence-corrected chi connectivity index (χ2v) is 6.12. The summed E-state index contributed by atoms with van der Waals surface area (Å²) in [4.78, 5) is 25.9. The van der Waals surface area contributed by atoms with Crippen molar-refractivity contribution in [2.75, 3.05) is 11.9 Å². The number of rotatable bonds is 5. The van der Waals surface area contributed by atoms with E-state index in [2.05, 4.69) is 5.32 Å². The monoisotopic (exact) mass is 302 g/mol. The van der Waals surface area contributed by atoms with Crippen LogP contribution >= 0.6 is 0 Å². The van der Waals surface area contributed by atoms with Crippen LogP contribution in [0.25, 0.3) is 0 Å². The van der Waals surface area contributed by atoms with Crippen LogP contribution in [-0.2, 0) is 9.59 Å². The highest BCUT2D eigenvalue weighted by Gasteiger charge is 2.23. The summed E-state index contributed by atoms with van der Waals surface area (Å²) in [5.74, 6) is 0.0481. The Morgan fingerprint density at radius 1 is 1.18 bits per heavy atom. The predicted octanol–water partition coefficient (Wildman–Crippen LogP) is 3.50. The van der Waals surface area contributed by atoms with Crippen LogP contribution in [0.5, 0.6) is 0 Å². The molecule has 1 aliphatic rings. The first kappa shape index (κ1) is 16.5. The van der Waals surface area contributed by atoms with Crippen LogP contribution < -0.4 is 5.32 Å². The summed E-state index contributed by atoms with van der Waals surface area (Å²) in [6.07, 6.45) is 6.12. The van der Waals surface area contributed by atoms with E-state index in [0.29, 0.717) is 19.0 Å². The maximum absolute atomic E-state index is 12.1. The smallest absolute Gasteiger partial charge is 0.226 e. The second-order valence-electron chi connectivity index (χ2n) is 6.12. The molecule has 0 bridgehead atoms. The van der Waals surface area contributed by atoms with Gasteiger partial charge in [0.15, 0.2) is 0 Å². The number of hydrogen-bond donors (Lipinski definition) is 1. The van der Waals surface area contributed by atoms with Crippen molar-refractivity contribution in [3.05, 3.63) is 29.8 Å². The molecule has 0 radical (unpaired) electrons. The molecule has 2 rings (SSSR count). The zero-order valence-electron chi connectivity index (χ0n) is 13.6. The quantitative estimate of drug-likeness (QED) is 0.905. The van der Waals surface area contributed by atoms with Crippen LogP contribution in [0.4, 0.5) is 5.69 Å². The zero-order valence-corrected chi connectivity index (χ0v) is 13.6. The summed E-state index contributed by atoms with van der Waals surface area (Å²) in [5.41, 5.74) is 1.89. The minimum Gasteiger partial charge on any atom is -0.339 e. The van der Waals surface area contributed by atoms with Crippen molar-refractivity contribution in [3.63, 3.8) is 0 Å². The van der Waals surface area contributed by atoms with Crippen molar-refractivity contribution in [3.8, 4) is 0 Å². The van der Waals surface area contributed by atoms with Gasteiger partial charge in [-0.2, -0.15) is 0 Å². The number of benzene rings is 1. The molecular weight excluding hydrogens is 276 g/mol. The first-order valence-electron chi connectivity index (χ1n) is 8.20. The SMILES string of the molecule is CC(=O)N(CCC(=O)Nc1ccccc1C)C1CCCCC1. The van der Waals surface area contributed by atoms with Crippen LogP contribution in [0.3, 0.4) is 0 Å². The summed E-state index contributed by atoms with van der Waals surface area (Å²) < 4.78 is 0. The van der Waals surface area contributed by atoms with Crippen molar-refractivity contribution < 1.29 is 9.59 Å². The van der Waals surface area contributed by atoms with Gasteiger partial charge in [-0.05, 0) is 31.4 Å². The van der Waals surface area contributed by atoms with E-state index < -0.39 is 0 Å². The molecule has 1 saturated carbocycles. The molecule has 0 atom stereocenters. The Hall–Kier alpha value is -1.84. The van der Waals surface area contributed by atoms with Gasteiger partial charge in [0.2, 0.25) is 11.8 Å². The van der Waals surface area contributed by atoms with Gasteiger partial charge in [0, 0.05) is 31.6 Å². The Kier molecular flexibility index (Phi) is 5.99. The summed E-state index contributed by atoms with van der Waals surface area (Å²) in [7, 11) is 0. The van der Waals surface area contributed by atoms with E-state index in [-0.39, 0.29) is 11.8 Å². The number of nitrogens with zero attached hydrogens (tertiary/aromatic N) is 1. The Morgan fingerprint density at radius 2 is 1.86 bits per heavy atom. The number of carbonyl (C=O) groups is 2. The molecule has 1 aliphatic carbocycles. The molecule has 1 aromatic carbocycles. The first-order chi connectivity index (χ1) is 10.6. The van der Waals surface area contributed by atoms with E-state index in [1.54, 1.807) is 6.92 Å². The Morgan fingerprint density at radius 3 is 2.50 bits per heavy atom. The summed E-state index contributed by atoms with van der Waals surface area (Å²) in [6.45, 7) is 4.09. The highest BCUT2D eigenvalue weighted by molar-refractivity contribution is 5.91. The van der Waals surface area contributed by atoms with E-state index in [9.17, 15) is 9.59 Å². The van der Waals surface area contributed by atoms with Crippen LogP contribution in [-0.4, -0.2) is 29.3 Å². The van der Waals surface area contributed by atoms with Gasteiger partial charge < -0.3 is 10.2 Å². The lowest BCUT2D eigenvalue weighted by molar-refractivity contribution is -0.132. The molecule has 2 amide bonds. The lowest BCUT2D eigenvalue weighted by Gasteiger charge is -2.33. The third kappa shape index (κ3) is 4.58. The minimum atomic E-state index is -0.0311. The highest BCUT2D eigenvalue weighted by atomic mass is 16.2. The lowest BCUT2D eigenvalue weighted by atomic mass is 9.94. The molecule has 1 N–H and O–H groups in total. The summed E-state index contributed by atoms with van der Waals surface area (Å²) in [5, 5.41) is 2.93. The maximum Gasteiger partial charge on any atom is 0.226 e. The van der Waals surface area contributed by atoms with Gasteiger partial charge in [-0.1, -0.05) is 37.5 Å². The van der Waals surface area contributed by atoms with Crippen LogP contribution in [0, 0.1) is 6.92 Å². The van der Waals surface area contributed by atoms with Gasteiger partial charge in [0.25, 0.3) is 0 Å². The molecule has 0 spiro atoms. The largest absolute Gasteiger partial charge is 0.339 e. The fourth-order valence-corrected chi connectivity index (χ4v) is 3.14. The standard InChI is InChI=1S/C18H26N2O2/c1-14-8-6-7-11-17(14)19-18(22)12-13-20(15(2)21)16-9-4-3-5-10-16/h6-8,11,16H,3-5,9-10,12-13H2,1-2H3,(H,19,22). The number of aryl methyl sites for hydroxylation is 1. The van der Waals surface area contributed by atoms with E-state index in [0.717, 1.165) is 24.1 Å². The molecule has 0 aromatic heterocycles. The van der Waals surface area contributed by atoms with Crippen LogP contribution in [0.1, 0.15) is 51.0 Å². The fraction of sp³-hybridized carbons (Fsp3) is 0.556. The van der Waals surface area contributed by atoms with E-state index in [1.165, 1.54) is 19.3 Å². The fourth-order valence-electron chi connectivity index (χ4n) is 3.14. The number of nitrogens with one attached hydrogen (secondary N) is 1. The number of hydrogen-bond acceptors (Lipinski definition) is 2.